The molecule has 2 atom stereocenters. The fourth-order valence-electron chi connectivity index (χ4n) is 2.17. The molecule has 0 aliphatic rings. The van der Waals surface area contributed by atoms with Gasteiger partial charge in [-0.15, -0.1) is 0 Å². The minimum Gasteiger partial charge on any atom is -0.490 e. The molecule has 21 heavy (non-hydrogen) atoms. The molecule has 0 saturated heterocycles. The van der Waals surface area contributed by atoms with E-state index in [2.05, 4.69) is 5.32 Å². The standard InChI is InChI=1S/C16H24FNO3/c1-5-8-18-16(4,15(19)20)10-12(3)21-14-9-13(17)7-6-11(14)2/h6-7,9,12,18H,5,8,10H2,1-4H3,(H,19,20). The van der Waals surface area contributed by atoms with Crippen LogP contribution in [0.4, 0.5) is 4.39 Å². The van der Waals surface area contributed by atoms with Gasteiger partial charge in [0, 0.05) is 12.5 Å². The molecule has 0 saturated carbocycles. The Balaban J connectivity index is 2.76. The number of ether oxygens (including phenoxy) is 1. The highest BCUT2D eigenvalue weighted by molar-refractivity contribution is 5.78. The van der Waals surface area contributed by atoms with E-state index in [-0.39, 0.29) is 18.3 Å². The van der Waals surface area contributed by atoms with Gasteiger partial charge in [-0.25, -0.2) is 4.39 Å². The first kappa shape index (κ1) is 17.4. The third kappa shape index (κ3) is 5.01. The highest BCUT2D eigenvalue weighted by atomic mass is 19.1. The zero-order chi connectivity index (χ0) is 16.0. The fourth-order valence-corrected chi connectivity index (χ4v) is 2.17. The summed E-state index contributed by atoms with van der Waals surface area (Å²) >= 11 is 0. The number of aryl methyl sites for hydroxylation is 1. The second-order valence-electron chi connectivity index (χ2n) is 5.61. The Morgan fingerprint density at radius 1 is 1.52 bits per heavy atom. The Labute approximate surface area is 125 Å². The number of carboxylic acid groups (broad SMARTS) is 1. The molecule has 0 aliphatic carbocycles. The van der Waals surface area contributed by atoms with Crippen molar-refractivity contribution in [1.29, 1.82) is 0 Å². The molecule has 0 amide bonds. The Hall–Kier alpha value is -1.62. The Kier molecular flexibility index (Phi) is 6.15. The molecule has 0 heterocycles. The summed E-state index contributed by atoms with van der Waals surface area (Å²) in [5.41, 5.74) is -0.238. The topological polar surface area (TPSA) is 58.6 Å². The predicted molar refractivity (Wildman–Crippen MR) is 80.2 cm³/mol. The molecule has 1 aromatic rings. The van der Waals surface area contributed by atoms with Crippen LogP contribution in [0.15, 0.2) is 18.2 Å². The maximum atomic E-state index is 13.2. The van der Waals surface area contributed by atoms with Crippen molar-refractivity contribution in [1.82, 2.24) is 5.32 Å². The molecule has 0 aromatic heterocycles. The van der Waals surface area contributed by atoms with Gasteiger partial charge in [0.05, 0.1) is 6.10 Å². The SMILES string of the molecule is CCCNC(C)(CC(C)Oc1cc(F)ccc1C)C(=O)O. The summed E-state index contributed by atoms with van der Waals surface area (Å²) in [6, 6.07) is 4.34. The van der Waals surface area contributed by atoms with Gasteiger partial charge in [0.1, 0.15) is 17.1 Å². The Bertz CT molecular complexity index is 492. The van der Waals surface area contributed by atoms with Gasteiger partial charge in [0.2, 0.25) is 0 Å². The first-order valence-corrected chi connectivity index (χ1v) is 7.19. The smallest absolute Gasteiger partial charge is 0.323 e. The van der Waals surface area contributed by atoms with Crippen molar-refractivity contribution < 1.29 is 19.0 Å². The molecule has 1 aromatic carbocycles. The maximum Gasteiger partial charge on any atom is 0.323 e. The van der Waals surface area contributed by atoms with E-state index in [9.17, 15) is 14.3 Å². The Morgan fingerprint density at radius 2 is 2.19 bits per heavy atom. The molecule has 0 fully saturated rings. The molecule has 0 aliphatic heterocycles. The summed E-state index contributed by atoms with van der Waals surface area (Å²) in [5, 5.41) is 12.4. The number of hydrogen-bond acceptors (Lipinski definition) is 3. The van der Waals surface area contributed by atoms with Crippen molar-refractivity contribution >= 4 is 5.97 Å². The van der Waals surface area contributed by atoms with Crippen molar-refractivity contribution in [2.24, 2.45) is 0 Å². The van der Waals surface area contributed by atoms with Crippen molar-refractivity contribution in [3.05, 3.63) is 29.6 Å². The van der Waals surface area contributed by atoms with Crippen molar-refractivity contribution in [3.63, 3.8) is 0 Å². The van der Waals surface area contributed by atoms with Gasteiger partial charge >= 0.3 is 5.97 Å². The first-order valence-electron chi connectivity index (χ1n) is 7.19. The Morgan fingerprint density at radius 3 is 2.76 bits per heavy atom. The molecule has 0 spiro atoms. The molecular formula is C16H24FNO3. The molecule has 1 rings (SSSR count). The predicted octanol–water partition coefficient (Wildman–Crippen LogP) is 3.13. The van der Waals surface area contributed by atoms with E-state index in [1.165, 1.54) is 12.1 Å². The normalized spacial score (nSPS) is 15.3. The van der Waals surface area contributed by atoms with E-state index in [4.69, 9.17) is 4.74 Å². The third-order valence-corrected chi connectivity index (χ3v) is 3.41. The minimum absolute atomic E-state index is 0.290. The zero-order valence-corrected chi connectivity index (χ0v) is 13.1. The summed E-state index contributed by atoms with van der Waals surface area (Å²) in [5.74, 6) is -0.832. The molecule has 0 radical (unpaired) electrons. The molecular weight excluding hydrogens is 273 g/mol. The zero-order valence-electron chi connectivity index (χ0n) is 13.1. The quantitative estimate of drug-likeness (QED) is 0.774. The minimum atomic E-state index is -1.06. The van der Waals surface area contributed by atoms with Crippen LogP contribution >= 0.6 is 0 Å². The number of hydrogen-bond donors (Lipinski definition) is 2. The number of halogens is 1. The lowest BCUT2D eigenvalue weighted by Crippen LogP contribution is -2.52. The van der Waals surface area contributed by atoms with E-state index in [0.29, 0.717) is 12.3 Å². The van der Waals surface area contributed by atoms with Crippen LogP contribution in [0.2, 0.25) is 0 Å². The average molecular weight is 297 g/mol. The van der Waals surface area contributed by atoms with Crippen LogP contribution in [0, 0.1) is 12.7 Å². The highest BCUT2D eigenvalue weighted by Crippen LogP contribution is 2.23. The van der Waals surface area contributed by atoms with Crippen LogP contribution in [-0.4, -0.2) is 29.3 Å². The summed E-state index contributed by atoms with van der Waals surface area (Å²) < 4.78 is 19.0. The molecule has 2 unspecified atom stereocenters. The molecule has 118 valence electrons. The highest BCUT2D eigenvalue weighted by Gasteiger charge is 2.34. The second kappa shape index (κ2) is 7.41. The lowest BCUT2D eigenvalue weighted by molar-refractivity contribution is -0.145. The van der Waals surface area contributed by atoms with Crippen LogP contribution in [0.1, 0.15) is 39.2 Å². The number of aliphatic carboxylic acids is 1. The van der Waals surface area contributed by atoms with Crippen molar-refractivity contribution in [2.45, 2.75) is 52.2 Å². The monoisotopic (exact) mass is 297 g/mol. The lowest BCUT2D eigenvalue weighted by atomic mass is 9.94. The van der Waals surface area contributed by atoms with Crippen LogP contribution in [0.3, 0.4) is 0 Å². The van der Waals surface area contributed by atoms with Crippen LogP contribution in [-0.2, 0) is 4.79 Å². The van der Waals surface area contributed by atoms with E-state index in [1.54, 1.807) is 19.9 Å². The van der Waals surface area contributed by atoms with Crippen LogP contribution in [0.25, 0.3) is 0 Å². The summed E-state index contributed by atoms with van der Waals surface area (Å²) in [4.78, 5) is 11.5. The molecule has 0 bridgehead atoms. The second-order valence-corrected chi connectivity index (χ2v) is 5.61. The lowest BCUT2D eigenvalue weighted by Gasteiger charge is -2.29. The van der Waals surface area contributed by atoms with Gasteiger partial charge in [0.25, 0.3) is 0 Å². The van der Waals surface area contributed by atoms with Crippen molar-refractivity contribution in [3.8, 4) is 5.75 Å². The van der Waals surface area contributed by atoms with Gasteiger partial charge in [-0.1, -0.05) is 13.0 Å². The third-order valence-electron chi connectivity index (χ3n) is 3.41. The van der Waals surface area contributed by atoms with E-state index >= 15 is 0 Å². The largest absolute Gasteiger partial charge is 0.490 e. The van der Waals surface area contributed by atoms with E-state index in [0.717, 1.165) is 12.0 Å². The summed E-state index contributed by atoms with van der Waals surface area (Å²) in [6.07, 6.45) is 0.787. The van der Waals surface area contributed by atoms with E-state index in [1.807, 2.05) is 13.8 Å². The number of benzene rings is 1. The summed E-state index contributed by atoms with van der Waals surface area (Å²) in [7, 11) is 0. The van der Waals surface area contributed by atoms with E-state index < -0.39 is 11.5 Å². The van der Waals surface area contributed by atoms with Gasteiger partial charge in [-0.3, -0.25) is 4.79 Å². The van der Waals surface area contributed by atoms with Crippen LogP contribution in [0.5, 0.6) is 5.75 Å². The number of carbonyl (C=O) groups is 1. The summed E-state index contributed by atoms with van der Waals surface area (Å²) in [6.45, 7) is 7.86. The first-order chi connectivity index (χ1) is 9.78. The van der Waals surface area contributed by atoms with Gasteiger partial charge < -0.3 is 15.2 Å². The molecule has 2 N–H and O–H groups in total. The average Bonchev–Trinajstić information content (AvgIpc) is 2.40. The maximum absolute atomic E-state index is 13.2. The van der Waals surface area contributed by atoms with Crippen molar-refractivity contribution in [2.75, 3.05) is 6.54 Å². The van der Waals surface area contributed by atoms with Gasteiger partial charge in [-0.2, -0.15) is 0 Å². The number of rotatable bonds is 8. The van der Waals surface area contributed by atoms with Crippen LogP contribution < -0.4 is 10.1 Å². The molecule has 5 heteroatoms. The number of carboxylic acids is 1. The fraction of sp³-hybridized carbons (Fsp3) is 0.562. The number of nitrogens with one attached hydrogen (secondary N) is 1. The van der Waals surface area contributed by atoms with Gasteiger partial charge in [-0.05, 0) is 45.4 Å². The van der Waals surface area contributed by atoms with Gasteiger partial charge in [0.15, 0.2) is 0 Å². The molecule has 4 nitrogen and oxygen atoms in total.